The number of esters is 1. The molecule has 0 aliphatic rings. The lowest BCUT2D eigenvalue weighted by Crippen LogP contribution is -2.40. The molecule has 0 aliphatic heterocycles. The second-order valence-corrected chi connectivity index (χ2v) is 6.82. The van der Waals surface area contributed by atoms with Gasteiger partial charge in [-0.25, -0.2) is 4.79 Å². The number of methoxy groups -OCH3 is 1. The Balaban J connectivity index is 2.29. The van der Waals surface area contributed by atoms with Crippen molar-refractivity contribution in [2.45, 2.75) is 13.3 Å². The summed E-state index contributed by atoms with van der Waals surface area (Å²) in [4.78, 5) is 40.7. The van der Waals surface area contributed by atoms with Crippen molar-refractivity contribution in [3.63, 3.8) is 0 Å². The number of fused-ring (bicyclic) bond motifs is 1. The first kappa shape index (κ1) is 20.6. The summed E-state index contributed by atoms with van der Waals surface area (Å²) in [5.41, 5.74) is -0.279. The van der Waals surface area contributed by atoms with Gasteiger partial charge in [-0.3, -0.25) is 9.59 Å². The Hall–Kier alpha value is -2.67. The highest BCUT2D eigenvalue weighted by molar-refractivity contribution is 5.96. The topological polar surface area (TPSA) is 80.1 Å². The first-order valence-electron chi connectivity index (χ1n) is 8.88. The van der Waals surface area contributed by atoms with Gasteiger partial charge < -0.3 is 19.0 Å². The minimum atomic E-state index is -0.679. The van der Waals surface area contributed by atoms with Crippen LogP contribution in [-0.2, 0) is 9.53 Å². The zero-order valence-electron chi connectivity index (χ0n) is 16.2. The summed E-state index contributed by atoms with van der Waals surface area (Å²) in [7, 11) is 5.21. The number of ether oxygens (including phenoxy) is 1. The van der Waals surface area contributed by atoms with E-state index in [9.17, 15) is 14.4 Å². The minimum Gasteiger partial charge on any atom is -0.469 e. The molecular weight excluding hydrogens is 348 g/mol. The third-order valence-corrected chi connectivity index (χ3v) is 4.29. The normalized spacial score (nSPS) is 12.2. The van der Waals surface area contributed by atoms with Crippen LogP contribution in [0, 0.1) is 5.92 Å². The van der Waals surface area contributed by atoms with E-state index >= 15 is 0 Å². The van der Waals surface area contributed by atoms with Crippen LogP contribution in [0.25, 0.3) is 11.0 Å². The Kier molecular flexibility index (Phi) is 7.12. The zero-order chi connectivity index (χ0) is 20.0. The average molecular weight is 374 g/mol. The molecular formula is C20H26N2O5. The number of hydrogen-bond donors (Lipinski definition) is 0. The van der Waals surface area contributed by atoms with Gasteiger partial charge in [0, 0.05) is 18.5 Å². The number of para-hydroxylation sites is 1. The highest BCUT2D eigenvalue weighted by Gasteiger charge is 2.25. The van der Waals surface area contributed by atoms with Crippen LogP contribution >= 0.6 is 0 Å². The number of carbonyl (C=O) groups excluding carboxylic acids is 2. The van der Waals surface area contributed by atoms with Crippen molar-refractivity contribution in [1.82, 2.24) is 9.80 Å². The fraction of sp³-hybridized carbons (Fsp3) is 0.450. The Labute approximate surface area is 158 Å². The van der Waals surface area contributed by atoms with Crippen LogP contribution in [0.15, 0.2) is 39.5 Å². The second kappa shape index (κ2) is 9.32. The molecule has 1 aromatic heterocycles. The lowest BCUT2D eigenvalue weighted by atomic mass is 10.1. The van der Waals surface area contributed by atoms with Gasteiger partial charge in [-0.15, -0.1) is 0 Å². The molecule has 0 N–H and O–H groups in total. The van der Waals surface area contributed by atoms with Crippen LogP contribution in [0.1, 0.15) is 23.7 Å². The predicted molar refractivity (Wildman–Crippen MR) is 103 cm³/mol. The van der Waals surface area contributed by atoms with E-state index in [1.165, 1.54) is 12.0 Å². The maximum atomic E-state index is 13.0. The van der Waals surface area contributed by atoms with Gasteiger partial charge in [-0.1, -0.05) is 25.1 Å². The predicted octanol–water partition coefficient (Wildman–Crippen LogP) is 2.00. The summed E-state index contributed by atoms with van der Waals surface area (Å²) in [6.45, 7) is 3.07. The Bertz CT molecular complexity index is 859. The molecule has 1 unspecified atom stereocenters. The highest BCUT2D eigenvalue weighted by Crippen LogP contribution is 2.15. The number of amides is 1. The maximum absolute atomic E-state index is 13.0. The molecule has 7 heteroatoms. The third-order valence-electron chi connectivity index (χ3n) is 4.29. The van der Waals surface area contributed by atoms with Gasteiger partial charge in [0.25, 0.3) is 5.91 Å². The van der Waals surface area contributed by atoms with E-state index in [4.69, 9.17) is 9.15 Å². The van der Waals surface area contributed by atoms with Crippen LogP contribution in [0.4, 0.5) is 0 Å². The largest absolute Gasteiger partial charge is 0.469 e. The van der Waals surface area contributed by atoms with Crippen LogP contribution in [0.5, 0.6) is 0 Å². The molecule has 0 saturated carbocycles. The summed E-state index contributed by atoms with van der Waals surface area (Å²) in [6, 6.07) is 8.58. The van der Waals surface area contributed by atoms with Gasteiger partial charge in [0.2, 0.25) is 0 Å². The number of rotatable bonds is 8. The number of benzene rings is 1. The number of hydrogen-bond acceptors (Lipinski definition) is 6. The fourth-order valence-electron chi connectivity index (χ4n) is 2.84. The van der Waals surface area contributed by atoms with Crippen LogP contribution in [-0.4, -0.2) is 62.5 Å². The van der Waals surface area contributed by atoms with Gasteiger partial charge in [-0.2, -0.15) is 0 Å². The van der Waals surface area contributed by atoms with E-state index < -0.39 is 23.4 Å². The molecule has 0 bridgehead atoms. The monoisotopic (exact) mass is 374 g/mol. The molecule has 0 radical (unpaired) electrons. The summed E-state index contributed by atoms with van der Waals surface area (Å²) < 4.78 is 10.0. The molecule has 1 aromatic carbocycles. The standard InChI is InChI=1S/C20H26N2O5/c1-14(19(24)26-4)13-22(11-7-10-21(2)3)18(23)16-12-15-8-5-6-9-17(15)27-20(16)25/h5-6,8-9,12,14H,7,10-11,13H2,1-4H3. The third kappa shape index (κ3) is 5.40. The van der Waals surface area contributed by atoms with Crippen molar-refractivity contribution < 1.29 is 18.7 Å². The van der Waals surface area contributed by atoms with Gasteiger partial charge in [-0.05, 0) is 39.2 Å². The van der Waals surface area contributed by atoms with E-state index in [1.54, 1.807) is 31.2 Å². The first-order valence-corrected chi connectivity index (χ1v) is 8.88. The summed E-state index contributed by atoms with van der Waals surface area (Å²) in [5.74, 6) is -1.33. The van der Waals surface area contributed by atoms with Crippen molar-refractivity contribution in [3.8, 4) is 0 Å². The summed E-state index contributed by atoms with van der Waals surface area (Å²) in [5, 5.41) is 0.676. The molecule has 1 atom stereocenters. The second-order valence-electron chi connectivity index (χ2n) is 6.82. The minimum absolute atomic E-state index is 0.0318. The van der Waals surface area contributed by atoms with Crippen molar-refractivity contribution in [2.24, 2.45) is 5.92 Å². The highest BCUT2D eigenvalue weighted by atomic mass is 16.5. The van der Waals surface area contributed by atoms with E-state index in [2.05, 4.69) is 0 Å². The van der Waals surface area contributed by atoms with Crippen molar-refractivity contribution in [3.05, 3.63) is 46.3 Å². The Morgan fingerprint density at radius 3 is 2.56 bits per heavy atom. The molecule has 7 nitrogen and oxygen atoms in total. The van der Waals surface area contributed by atoms with E-state index in [0.717, 1.165) is 6.54 Å². The van der Waals surface area contributed by atoms with E-state index in [1.807, 2.05) is 25.1 Å². The van der Waals surface area contributed by atoms with Gasteiger partial charge in [0.05, 0.1) is 13.0 Å². The molecule has 2 aromatic rings. The zero-order valence-corrected chi connectivity index (χ0v) is 16.2. The van der Waals surface area contributed by atoms with Crippen LogP contribution in [0.3, 0.4) is 0 Å². The molecule has 0 fully saturated rings. The summed E-state index contributed by atoms with van der Waals surface area (Å²) >= 11 is 0. The molecule has 0 saturated heterocycles. The van der Waals surface area contributed by atoms with Gasteiger partial charge in [0.1, 0.15) is 11.1 Å². The summed E-state index contributed by atoms with van der Waals surface area (Å²) in [6.07, 6.45) is 0.714. The van der Waals surface area contributed by atoms with Crippen LogP contribution in [0.2, 0.25) is 0 Å². The average Bonchev–Trinajstić information content (AvgIpc) is 2.65. The SMILES string of the molecule is COC(=O)C(C)CN(CCCN(C)C)C(=O)c1cc2ccccc2oc1=O. The van der Waals surface area contributed by atoms with Gasteiger partial charge in [0.15, 0.2) is 0 Å². The first-order chi connectivity index (χ1) is 12.8. The van der Waals surface area contributed by atoms with E-state index in [-0.39, 0.29) is 12.1 Å². The smallest absolute Gasteiger partial charge is 0.349 e. The molecule has 146 valence electrons. The number of carbonyl (C=O) groups is 2. The lowest BCUT2D eigenvalue weighted by molar-refractivity contribution is -0.145. The molecule has 1 amide bonds. The van der Waals surface area contributed by atoms with Crippen molar-refractivity contribution >= 4 is 22.8 Å². The van der Waals surface area contributed by atoms with Crippen molar-refractivity contribution in [1.29, 1.82) is 0 Å². The number of nitrogens with zero attached hydrogens (tertiary/aromatic N) is 2. The lowest BCUT2D eigenvalue weighted by Gasteiger charge is -2.25. The molecule has 27 heavy (non-hydrogen) atoms. The van der Waals surface area contributed by atoms with Crippen molar-refractivity contribution in [2.75, 3.05) is 40.8 Å². The fourth-order valence-corrected chi connectivity index (χ4v) is 2.84. The quantitative estimate of drug-likeness (QED) is 0.519. The maximum Gasteiger partial charge on any atom is 0.349 e. The molecule has 1 heterocycles. The molecule has 2 rings (SSSR count). The van der Waals surface area contributed by atoms with Gasteiger partial charge >= 0.3 is 11.6 Å². The van der Waals surface area contributed by atoms with E-state index in [0.29, 0.717) is 23.9 Å². The van der Waals surface area contributed by atoms with Crippen LogP contribution < -0.4 is 5.63 Å². The molecule has 0 aliphatic carbocycles. The molecule has 0 spiro atoms. The Morgan fingerprint density at radius 1 is 1.19 bits per heavy atom. The Morgan fingerprint density at radius 2 is 1.89 bits per heavy atom.